The number of nitro benzene ring substituents is 1. The number of carbonyl (C=O) groups is 3. The number of carbonyl (C=O) groups excluding carboxylic acids is 3. The molecule has 2 N–H and O–H groups in total. The number of piperazine rings is 1. The summed E-state index contributed by atoms with van der Waals surface area (Å²) in [5.41, 5.74) is 5.22. The number of hydrogen-bond donors (Lipinski definition) is 1. The number of nitrogen functional groups attached to an aromatic ring is 1. The van der Waals surface area contributed by atoms with E-state index in [1.165, 1.54) is 28.4 Å². The minimum absolute atomic E-state index is 0.0220. The molecule has 1 fully saturated rings. The molecule has 0 bridgehead atoms. The number of nitrogens with two attached hydrogens (primary N) is 1. The SMILES string of the molecule is Nc1ccc([N+](=O)[O-])cc1C(=O)OCC(=O)N1CCN(C(=O)c2cccs2)CC1. The van der Waals surface area contributed by atoms with E-state index in [4.69, 9.17) is 10.5 Å². The number of thiophene rings is 1. The van der Waals surface area contributed by atoms with Crippen LogP contribution in [0.5, 0.6) is 0 Å². The van der Waals surface area contributed by atoms with Gasteiger partial charge in [0.1, 0.15) is 0 Å². The van der Waals surface area contributed by atoms with Gasteiger partial charge in [0, 0.05) is 44.0 Å². The van der Waals surface area contributed by atoms with Gasteiger partial charge in [-0.3, -0.25) is 19.7 Å². The molecule has 0 unspecified atom stereocenters. The number of anilines is 1. The van der Waals surface area contributed by atoms with Gasteiger partial charge in [-0.15, -0.1) is 11.3 Å². The molecule has 0 aliphatic carbocycles. The molecular weight excluding hydrogens is 400 g/mol. The Morgan fingerprint density at radius 3 is 2.45 bits per heavy atom. The molecule has 2 heterocycles. The lowest BCUT2D eigenvalue weighted by Crippen LogP contribution is -2.51. The molecule has 0 spiro atoms. The Morgan fingerprint density at radius 1 is 1.14 bits per heavy atom. The van der Waals surface area contributed by atoms with E-state index in [0.29, 0.717) is 31.1 Å². The number of non-ortho nitro benzene ring substituents is 1. The van der Waals surface area contributed by atoms with Crippen LogP contribution in [0.2, 0.25) is 0 Å². The largest absolute Gasteiger partial charge is 0.452 e. The molecular formula is C18H18N4O6S. The van der Waals surface area contributed by atoms with E-state index in [-0.39, 0.29) is 22.8 Å². The first kappa shape index (κ1) is 20.3. The number of benzene rings is 1. The number of nitrogens with zero attached hydrogens (tertiary/aromatic N) is 3. The summed E-state index contributed by atoms with van der Waals surface area (Å²) in [6.07, 6.45) is 0. The smallest absolute Gasteiger partial charge is 0.341 e. The summed E-state index contributed by atoms with van der Waals surface area (Å²) in [7, 11) is 0. The summed E-state index contributed by atoms with van der Waals surface area (Å²) >= 11 is 1.36. The minimum atomic E-state index is -0.911. The fourth-order valence-electron chi connectivity index (χ4n) is 2.85. The Kier molecular flexibility index (Phi) is 6.07. The van der Waals surface area contributed by atoms with Crippen LogP contribution in [0.4, 0.5) is 11.4 Å². The van der Waals surface area contributed by atoms with Crippen molar-refractivity contribution in [2.24, 2.45) is 0 Å². The Labute approximate surface area is 169 Å². The van der Waals surface area contributed by atoms with Gasteiger partial charge in [0.2, 0.25) is 0 Å². The Morgan fingerprint density at radius 2 is 1.83 bits per heavy atom. The van der Waals surface area contributed by atoms with Crippen LogP contribution in [0, 0.1) is 10.1 Å². The first-order chi connectivity index (χ1) is 13.9. The lowest BCUT2D eigenvalue weighted by atomic mass is 10.1. The second-order valence-electron chi connectivity index (χ2n) is 6.26. The van der Waals surface area contributed by atoms with Gasteiger partial charge in [-0.25, -0.2) is 4.79 Å². The summed E-state index contributed by atoms with van der Waals surface area (Å²) in [4.78, 5) is 50.8. The van der Waals surface area contributed by atoms with Crippen LogP contribution < -0.4 is 5.73 Å². The van der Waals surface area contributed by atoms with Crippen molar-refractivity contribution in [1.29, 1.82) is 0 Å². The van der Waals surface area contributed by atoms with Crippen LogP contribution in [0.15, 0.2) is 35.7 Å². The molecule has 1 saturated heterocycles. The minimum Gasteiger partial charge on any atom is -0.452 e. The lowest BCUT2D eigenvalue weighted by molar-refractivity contribution is -0.384. The van der Waals surface area contributed by atoms with Crippen molar-refractivity contribution < 1.29 is 24.0 Å². The average molecular weight is 418 g/mol. The van der Waals surface area contributed by atoms with E-state index in [2.05, 4.69) is 0 Å². The number of ether oxygens (including phenoxy) is 1. The maximum Gasteiger partial charge on any atom is 0.341 e. The predicted molar refractivity (Wildman–Crippen MR) is 105 cm³/mol. The van der Waals surface area contributed by atoms with Crippen molar-refractivity contribution in [2.75, 3.05) is 38.5 Å². The molecule has 3 rings (SSSR count). The third-order valence-electron chi connectivity index (χ3n) is 4.45. The van der Waals surface area contributed by atoms with Gasteiger partial charge < -0.3 is 20.3 Å². The molecule has 1 aliphatic heterocycles. The summed E-state index contributed by atoms with van der Waals surface area (Å²) in [5, 5.41) is 12.7. The van der Waals surface area contributed by atoms with Crippen molar-refractivity contribution in [3.8, 4) is 0 Å². The van der Waals surface area contributed by atoms with E-state index in [1.54, 1.807) is 17.0 Å². The highest BCUT2D eigenvalue weighted by Gasteiger charge is 2.26. The van der Waals surface area contributed by atoms with Gasteiger partial charge in [0.05, 0.1) is 15.4 Å². The Balaban J connectivity index is 1.51. The number of rotatable bonds is 5. The van der Waals surface area contributed by atoms with E-state index in [9.17, 15) is 24.5 Å². The number of nitro groups is 1. The zero-order chi connectivity index (χ0) is 21.0. The van der Waals surface area contributed by atoms with Gasteiger partial charge in [-0.1, -0.05) is 6.07 Å². The first-order valence-corrected chi connectivity index (χ1v) is 9.56. The molecule has 29 heavy (non-hydrogen) atoms. The molecule has 2 aromatic rings. The Bertz CT molecular complexity index is 938. The molecule has 152 valence electrons. The fraction of sp³-hybridized carbons (Fsp3) is 0.278. The van der Waals surface area contributed by atoms with E-state index in [0.717, 1.165) is 6.07 Å². The van der Waals surface area contributed by atoms with Gasteiger partial charge in [-0.05, 0) is 17.5 Å². The number of amides is 2. The van der Waals surface area contributed by atoms with Gasteiger partial charge >= 0.3 is 5.97 Å². The van der Waals surface area contributed by atoms with Crippen molar-refractivity contribution >= 4 is 40.5 Å². The summed E-state index contributed by atoms with van der Waals surface area (Å²) in [5.74, 6) is -1.39. The van der Waals surface area contributed by atoms with E-state index >= 15 is 0 Å². The zero-order valence-electron chi connectivity index (χ0n) is 15.3. The third kappa shape index (κ3) is 4.69. The molecule has 1 aliphatic rings. The highest BCUT2D eigenvalue weighted by atomic mass is 32.1. The second kappa shape index (κ2) is 8.69. The molecule has 2 amide bonds. The molecule has 1 aromatic carbocycles. The second-order valence-corrected chi connectivity index (χ2v) is 7.20. The summed E-state index contributed by atoms with van der Waals surface area (Å²) in [6, 6.07) is 6.98. The molecule has 0 atom stereocenters. The predicted octanol–water partition coefficient (Wildman–Crippen LogP) is 1.38. The first-order valence-electron chi connectivity index (χ1n) is 8.68. The van der Waals surface area contributed by atoms with Crippen LogP contribution >= 0.6 is 11.3 Å². The van der Waals surface area contributed by atoms with Gasteiger partial charge in [-0.2, -0.15) is 0 Å². The van der Waals surface area contributed by atoms with Crippen molar-refractivity contribution in [3.63, 3.8) is 0 Å². The molecule has 0 saturated carbocycles. The fourth-order valence-corrected chi connectivity index (χ4v) is 3.54. The topological polar surface area (TPSA) is 136 Å². The zero-order valence-corrected chi connectivity index (χ0v) is 16.1. The van der Waals surface area contributed by atoms with E-state index in [1.807, 2.05) is 5.38 Å². The monoisotopic (exact) mass is 418 g/mol. The van der Waals surface area contributed by atoms with Crippen LogP contribution in [0.25, 0.3) is 0 Å². The van der Waals surface area contributed by atoms with Crippen LogP contribution in [-0.2, 0) is 9.53 Å². The number of hydrogen-bond acceptors (Lipinski definition) is 8. The summed E-state index contributed by atoms with van der Waals surface area (Å²) in [6.45, 7) is 0.904. The van der Waals surface area contributed by atoms with Crippen LogP contribution in [-0.4, -0.2) is 65.3 Å². The van der Waals surface area contributed by atoms with Crippen molar-refractivity contribution in [3.05, 3.63) is 56.3 Å². The molecule has 0 radical (unpaired) electrons. The van der Waals surface area contributed by atoms with Crippen LogP contribution in [0.1, 0.15) is 20.0 Å². The maximum absolute atomic E-state index is 12.3. The Hall–Kier alpha value is -3.47. The quantitative estimate of drug-likeness (QED) is 0.335. The van der Waals surface area contributed by atoms with Crippen molar-refractivity contribution in [2.45, 2.75) is 0 Å². The highest BCUT2D eigenvalue weighted by molar-refractivity contribution is 7.12. The van der Waals surface area contributed by atoms with Gasteiger partial charge in [0.25, 0.3) is 17.5 Å². The molecule has 10 nitrogen and oxygen atoms in total. The number of esters is 1. The van der Waals surface area contributed by atoms with Crippen molar-refractivity contribution in [1.82, 2.24) is 9.80 Å². The van der Waals surface area contributed by atoms with Gasteiger partial charge in [0.15, 0.2) is 6.61 Å². The van der Waals surface area contributed by atoms with E-state index < -0.39 is 23.4 Å². The molecule has 11 heteroatoms. The average Bonchev–Trinajstić information content (AvgIpc) is 3.26. The highest BCUT2D eigenvalue weighted by Crippen LogP contribution is 2.20. The molecule has 1 aromatic heterocycles. The normalized spacial score (nSPS) is 13.8. The standard InChI is InChI=1S/C18H18N4O6S/c19-14-4-3-12(22(26)27)10-13(14)18(25)28-11-16(23)20-5-7-21(8-6-20)17(24)15-2-1-9-29-15/h1-4,9-10H,5-8,11,19H2. The summed E-state index contributed by atoms with van der Waals surface area (Å²) < 4.78 is 4.98. The lowest BCUT2D eigenvalue weighted by Gasteiger charge is -2.34. The third-order valence-corrected chi connectivity index (χ3v) is 5.30. The van der Waals surface area contributed by atoms with Crippen LogP contribution in [0.3, 0.4) is 0 Å². The maximum atomic E-state index is 12.3.